The number of amides is 2. The minimum Gasteiger partial charge on any atom is -0.363 e. The Labute approximate surface area is 154 Å². The van der Waals surface area contributed by atoms with Crippen molar-refractivity contribution in [3.63, 3.8) is 0 Å². The number of likely N-dealkylation sites (tertiary alicyclic amines) is 1. The van der Waals surface area contributed by atoms with Gasteiger partial charge in [0.05, 0.1) is 35.2 Å². The number of nitrogens with zero attached hydrogens (tertiary/aromatic N) is 5. The Morgan fingerprint density at radius 3 is 2.65 bits per heavy atom. The van der Waals surface area contributed by atoms with Gasteiger partial charge in [0.15, 0.2) is 0 Å². The Morgan fingerprint density at radius 2 is 2.00 bits per heavy atom. The van der Waals surface area contributed by atoms with Gasteiger partial charge < -0.3 is 14.5 Å². The van der Waals surface area contributed by atoms with Crippen LogP contribution < -0.4 is 4.90 Å². The SMILES string of the molecule is Cc1nc(C(=O)N2CCC3(CC2)CN(c2cncnc2)C(=O)CO3)cs1. The van der Waals surface area contributed by atoms with Crippen LogP contribution in [0.2, 0.25) is 0 Å². The van der Waals surface area contributed by atoms with Gasteiger partial charge in [-0.25, -0.2) is 15.0 Å². The van der Waals surface area contributed by atoms with Gasteiger partial charge in [-0.1, -0.05) is 0 Å². The minimum atomic E-state index is -0.432. The van der Waals surface area contributed by atoms with Crippen molar-refractivity contribution in [2.24, 2.45) is 0 Å². The van der Waals surface area contributed by atoms with Gasteiger partial charge in [-0.2, -0.15) is 0 Å². The molecule has 4 heterocycles. The molecule has 0 aromatic carbocycles. The normalized spacial score (nSPS) is 19.8. The largest absolute Gasteiger partial charge is 0.363 e. The quantitative estimate of drug-likeness (QED) is 0.788. The molecular weight excluding hydrogens is 354 g/mol. The van der Waals surface area contributed by atoms with E-state index < -0.39 is 5.60 Å². The molecule has 26 heavy (non-hydrogen) atoms. The molecule has 0 aliphatic carbocycles. The maximum absolute atomic E-state index is 12.6. The number of rotatable bonds is 2. The predicted molar refractivity (Wildman–Crippen MR) is 95.1 cm³/mol. The number of anilines is 1. The fraction of sp³-hybridized carbons (Fsp3) is 0.471. The number of ether oxygens (including phenoxy) is 1. The second kappa shape index (κ2) is 6.73. The van der Waals surface area contributed by atoms with Gasteiger partial charge in [-0.05, 0) is 19.8 Å². The Morgan fingerprint density at radius 1 is 1.27 bits per heavy atom. The molecule has 2 aliphatic rings. The van der Waals surface area contributed by atoms with Gasteiger partial charge in [-0.15, -0.1) is 11.3 Å². The maximum atomic E-state index is 12.6. The van der Waals surface area contributed by atoms with Crippen molar-refractivity contribution in [1.82, 2.24) is 19.9 Å². The van der Waals surface area contributed by atoms with E-state index in [4.69, 9.17) is 4.74 Å². The summed E-state index contributed by atoms with van der Waals surface area (Å²) in [5.74, 6) is -0.133. The Hall–Kier alpha value is -2.39. The molecule has 2 amide bonds. The number of aryl methyl sites for hydroxylation is 1. The predicted octanol–water partition coefficient (Wildman–Crippen LogP) is 1.28. The summed E-state index contributed by atoms with van der Waals surface area (Å²) in [7, 11) is 0. The first-order valence-corrected chi connectivity index (χ1v) is 9.35. The van der Waals surface area contributed by atoms with Crippen LogP contribution in [0.3, 0.4) is 0 Å². The summed E-state index contributed by atoms with van der Waals surface area (Å²) < 4.78 is 5.92. The lowest BCUT2D eigenvalue weighted by atomic mass is 9.89. The van der Waals surface area contributed by atoms with Crippen LogP contribution in [0.1, 0.15) is 28.3 Å². The van der Waals surface area contributed by atoms with Crippen molar-refractivity contribution in [3.05, 3.63) is 34.8 Å². The number of carbonyl (C=O) groups is 2. The molecule has 9 heteroatoms. The van der Waals surface area contributed by atoms with Crippen LogP contribution in [0, 0.1) is 6.92 Å². The zero-order valence-corrected chi connectivity index (χ0v) is 15.2. The topological polar surface area (TPSA) is 88.5 Å². The summed E-state index contributed by atoms with van der Waals surface area (Å²) in [6.45, 7) is 3.55. The minimum absolute atomic E-state index is 0.0358. The molecule has 2 aliphatic heterocycles. The van der Waals surface area contributed by atoms with Crippen molar-refractivity contribution in [1.29, 1.82) is 0 Å². The lowest BCUT2D eigenvalue weighted by molar-refractivity contribution is -0.143. The molecule has 1 spiro atoms. The van der Waals surface area contributed by atoms with Gasteiger partial charge in [-0.3, -0.25) is 9.59 Å². The number of hydrogen-bond donors (Lipinski definition) is 0. The van der Waals surface area contributed by atoms with Crippen LogP contribution in [0.5, 0.6) is 0 Å². The Balaban J connectivity index is 1.44. The van der Waals surface area contributed by atoms with Crippen LogP contribution in [0.4, 0.5) is 5.69 Å². The number of hydrogen-bond acceptors (Lipinski definition) is 7. The van der Waals surface area contributed by atoms with Gasteiger partial charge in [0.1, 0.15) is 18.6 Å². The van der Waals surface area contributed by atoms with Gasteiger partial charge >= 0.3 is 0 Å². The van der Waals surface area contributed by atoms with E-state index >= 15 is 0 Å². The van der Waals surface area contributed by atoms with E-state index in [1.54, 1.807) is 22.7 Å². The molecule has 0 radical (unpaired) electrons. The van der Waals surface area contributed by atoms with E-state index in [-0.39, 0.29) is 18.4 Å². The molecule has 2 aromatic heterocycles. The lowest BCUT2D eigenvalue weighted by Gasteiger charge is -2.46. The van der Waals surface area contributed by atoms with Crippen LogP contribution in [-0.4, -0.2) is 63.5 Å². The molecule has 0 atom stereocenters. The van der Waals surface area contributed by atoms with Crippen LogP contribution in [0.25, 0.3) is 0 Å². The summed E-state index contributed by atoms with van der Waals surface area (Å²) in [4.78, 5) is 40.6. The van der Waals surface area contributed by atoms with E-state index in [1.807, 2.05) is 11.8 Å². The van der Waals surface area contributed by atoms with Gasteiger partial charge in [0, 0.05) is 18.5 Å². The van der Waals surface area contributed by atoms with Gasteiger partial charge in [0.25, 0.3) is 11.8 Å². The second-order valence-electron chi connectivity index (χ2n) is 6.59. The first kappa shape index (κ1) is 17.0. The highest BCUT2D eigenvalue weighted by molar-refractivity contribution is 7.09. The fourth-order valence-electron chi connectivity index (χ4n) is 3.42. The first-order valence-electron chi connectivity index (χ1n) is 8.47. The average Bonchev–Trinajstić information content (AvgIpc) is 3.11. The highest BCUT2D eigenvalue weighted by Gasteiger charge is 2.43. The average molecular weight is 373 g/mol. The monoisotopic (exact) mass is 373 g/mol. The molecule has 0 N–H and O–H groups in total. The van der Waals surface area contributed by atoms with Crippen LogP contribution in [0.15, 0.2) is 24.1 Å². The molecule has 2 saturated heterocycles. The Bertz CT molecular complexity index is 817. The number of piperidine rings is 1. The zero-order chi connectivity index (χ0) is 18.1. The van der Waals surface area contributed by atoms with Crippen molar-refractivity contribution >= 4 is 28.8 Å². The third-order valence-electron chi connectivity index (χ3n) is 4.91. The van der Waals surface area contributed by atoms with E-state index in [0.29, 0.717) is 43.9 Å². The maximum Gasteiger partial charge on any atom is 0.273 e. The van der Waals surface area contributed by atoms with E-state index in [2.05, 4.69) is 15.0 Å². The molecule has 4 rings (SSSR count). The molecule has 0 saturated carbocycles. The molecular formula is C17H19N5O3S. The smallest absolute Gasteiger partial charge is 0.273 e. The summed E-state index contributed by atoms with van der Waals surface area (Å²) in [6, 6.07) is 0. The number of thiazole rings is 1. The molecule has 136 valence electrons. The Kier molecular flexibility index (Phi) is 4.41. The summed E-state index contributed by atoms with van der Waals surface area (Å²) in [5.41, 5.74) is 0.751. The molecule has 8 nitrogen and oxygen atoms in total. The number of aromatic nitrogens is 3. The summed E-state index contributed by atoms with van der Waals surface area (Å²) in [5, 5.41) is 2.69. The van der Waals surface area contributed by atoms with E-state index in [0.717, 1.165) is 5.01 Å². The summed E-state index contributed by atoms with van der Waals surface area (Å²) in [6.07, 6.45) is 6.06. The van der Waals surface area contributed by atoms with Crippen molar-refractivity contribution in [2.75, 3.05) is 31.1 Å². The first-order chi connectivity index (χ1) is 12.6. The van der Waals surface area contributed by atoms with E-state index in [9.17, 15) is 9.59 Å². The molecule has 0 unspecified atom stereocenters. The van der Waals surface area contributed by atoms with E-state index in [1.165, 1.54) is 17.7 Å². The highest BCUT2D eigenvalue weighted by atomic mass is 32.1. The fourth-order valence-corrected chi connectivity index (χ4v) is 4.01. The number of morpholine rings is 1. The standard InChI is InChI=1S/C17H19N5O3S/c1-12-20-14(9-26-12)16(24)21-4-2-17(3-5-21)10-22(15(23)8-25-17)13-6-18-11-19-7-13/h6-7,9,11H,2-5,8,10H2,1H3. The molecule has 2 aromatic rings. The lowest BCUT2D eigenvalue weighted by Crippen LogP contribution is -2.59. The molecule has 2 fully saturated rings. The van der Waals surface area contributed by atoms with Crippen molar-refractivity contribution in [2.45, 2.75) is 25.4 Å². The second-order valence-corrected chi connectivity index (χ2v) is 7.65. The highest BCUT2D eigenvalue weighted by Crippen LogP contribution is 2.32. The third kappa shape index (κ3) is 3.19. The van der Waals surface area contributed by atoms with Gasteiger partial charge in [0.2, 0.25) is 0 Å². The van der Waals surface area contributed by atoms with Crippen molar-refractivity contribution in [3.8, 4) is 0 Å². The molecule has 0 bridgehead atoms. The summed E-state index contributed by atoms with van der Waals surface area (Å²) >= 11 is 1.48. The van der Waals surface area contributed by atoms with Crippen LogP contribution >= 0.6 is 11.3 Å². The third-order valence-corrected chi connectivity index (χ3v) is 5.68. The van der Waals surface area contributed by atoms with Crippen LogP contribution in [-0.2, 0) is 9.53 Å². The van der Waals surface area contributed by atoms with Crippen molar-refractivity contribution < 1.29 is 14.3 Å². The zero-order valence-electron chi connectivity index (χ0n) is 14.4. The number of carbonyl (C=O) groups excluding carboxylic acids is 2.